The molecule has 0 aliphatic heterocycles. The molecule has 0 unspecified atom stereocenters. The van der Waals surface area contributed by atoms with E-state index in [0.717, 1.165) is 6.04 Å². The van der Waals surface area contributed by atoms with Crippen molar-refractivity contribution < 1.29 is 21.9 Å². The van der Waals surface area contributed by atoms with E-state index >= 15 is 0 Å². The minimum atomic E-state index is -2.36. The molecule has 0 aromatic heterocycles. The average Bonchev–Trinajstić information content (AvgIpc) is 2.42. The molecular weight excluding hydrogens is 529 g/mol. The molecule has 5 nitrogen and oxygen atoms in total. The first-order chi connectivity index (χ1) is 14.2. The van der Waals surface area contributed by atoms with Crippen LogP contribution in [0.25, 0.3) is 0 Å². The Hall–Kier alpha value is 0.608. The molecule has 0 heterocycles. The van der Waals surface area contributed by atoms with Crippen molar-refractivity contribution in [1.29, 1.82) is 0 Å². The number of esters is 1. The molecule has 0 saturated carbocycles. The lowest BCUT2D eigenvalue weighted by Crippen LogP contribution is -2.89. The molecule has 33 heavy (non-hydrogen) atoms. The van der Waals surface area contributed by atoms with Crippen LogP contribution in [0.3, 0.4) is 0 Å². The van der Waals surface area contributed by atoms with Crippen LogP contribution < -0.4 is 0 Å². The third kappa shape index (κ3) is 9.53. The summed E-state index contributed by atoms with van der Waals surface area (Å²) in [5, 5.41) is 0. The van der Waals surface area contributed by atoms with E-state index in [9.17, 15) is 4.79 Å². The second-order valence-corrected chi connectivity index (χ2v) is 63.3. The lowest BCUT2D eigenvalue weighted by molar-refractivity contribution is -0.138. The Morgan fingerprint density at radius 2 is 0.879 bits per heavy atom. The summed E-state index contributed by atoms with van der Waals surface area (Å²) in [6.45, 7) is 38.8. The van der Waals surface area contributed by atoms with Crippen LogP contribution in [0, 0.1) is 0 Å². The summed E-state index contributed by atoms with van der Waals surface area (Å²) >= 11 is 0. The lowest BCUT2D eigenvalue weighted by Gasteiger charge is -2.60. The molecular formula is C21H54O5Si7. The first-order valence-electron chi connectivity index (χ1n) is 12.1. The molecule has 0 rings (SSSR count). The highest BCUT2D eigenvalue weighted by Crippen LogP contribution is 2.44. The van der Waals surface area contributed by atoms with Crippen LogP contribution in [0.1, 0.15) is 6.92 Å². The van der Waals surface area contributed by atoms with Gasteiger partial charge in [-0.2, -0.15) is 0 Å². The molecule has 0 aliphatic carbocycles. The van der Waals surface area contributed by atoms with Gasteiger partial charge in [-0.25, -0.2) is 4.79 Å². The van der Waals surface area contributed by atoms with Crippen molar-refractivity contribution in [1.82, 2.24) is 0 Å². The summed E-state index contributed by atoms with van der Waals surface area (Å²) in [5.41, 5.74) is 0.446. The quantitative estimate of drug-likeness (QED) is 0.133. The van der Waals surface area contributed by atoms with Gasteiger partial charge in [-0.3, -0.25) is 0 Å². The summed E-state index contributed by atoms with van der Waals surface area (Å²) in [6, 6.07) is 0.864. The van der Waals surface area contributed by atoms with Crippen molar-refractivity contribution in [2.45, 2.75) is 111 Å². The van der Waals surface area contributed by atoms with Crippen LogP contribution in [0.4, 0.5) is 0 Å². The zero-order valence-corrected chi connectivity index (χ0v) is 31.7. The molecule has 0 aromatic rings. The van der Waals surface area contributed by atoms with E-state index in [1.165, 1.54) is 0 Å². The summed E-state index contributed by atoms with van der Waals surface area (Å²) < 4.78 is 27.4. The van der Waals surface area contributed by atoms with Crippen molar-refractivity contribution in [2.24, 2.45) is 0 Å². The Labute approximate surface area is 212 Å². The van der Waals surface area contributed by atoms with E-state index in [1.54, 1.807) is 6.92 Å². The molecule has 0 atom stereocenters. The summed E-state index contributed by atoms with van der Waals surface area (Å²) in [5.74, 6) is -0.306. The van der Waals surface area contributed by atoms with E-state index < -0.39 is 55.1 Å². The summed E-state index contributed by atoms with van der Waals surface area (Å²) in [6.07, 6.45) is 0. The monoisotopic (exact) mass is 582 g/mol. The van der Waals surface area contributed by atoms with Crippen LogP contribution in [0.2, 0.25) is 104 Å². The van der Waals surface area contributed by atoms with Crippen LogP contribution in [0.15, 0.2) is 12.2 Å². The van der Waals surface area contributed by atoms with Gasteiger partial charge in [0.1, 0.15) is 6.63 Å². The summed E-state index contributed by atoms with van der Waals surface area (Å²) in [7, 11) is -12.3. The first kappa shape index (κ1) is 33.6. The highest BCUT2D eigenvalue weighted by molar-refractivity contribution is 7.88. The van der Waals surface area contributed by atoms with E-state index in [-0.39, 0.29) is 5.97 Å². The first-order valence-corrected chi connectivity index (χ1v) is 36.3. The third-order valence-electron chi connectivity index (χ3n) is 5.83. The Morgan fingerprint density at radius 3 is 1.09 bits per heavy atom. The Kier molecular flexibility index (Phi) is 11.1. The van der Waals surface area contributed by atoms with E-state index in [2.05, 4.69) is 105 Å². The second kappa shape index (κ2) is 10.9. The molecule has 0 saturated heterocycles. The molecule has 0 aliphatic rings. The van der Waals surface area contributed by atoms with E-state index in [1.807, 2.05) is 0 Å². The SMILES string of the molecule is C=C(C)C(=O)OCC[Si]([Si](C)(C)O[Si](C)(C)C)([Si](C)(C)O[Si](C)(C)C)[Si](C)(C)O[Si](C)(C)C. The minimum Gasteiger partial charge on any atom is -0.463 e. The lowest BCUT2D eigenvalue weighted by atomic mass is 10.4. The molecule has 0 aromatic carbocycles. The second-order valence-electron chi connectivity index (χ2n) is 13.7. The van der Waals surface area contributed by atoms with Gasteiger partial charge < -0.3 is 17.1 Å². The molecule has 0 N–H and O–H groups in total. The fraction of sp³-hybridized carbons (Fsp3) is 0.857. The van der Waals surface area contributed by atoms with Gasteiger partial charge in [-0.1, -0.05) is 6.58 Å². The third-order valence-corrected chi connectivity index (χ3v) is 82.4. The topological polar surface area (TPSA) is 54.0 Å². The Balaban J connectivity index is 7.07. The predicted octanol–water partition coefficient (Wildman–Crippen LogP) is 6.96. The van der Waals surface area contributed by atoms with Crippen molar-refractivity contribution in [3.05, 3.63) is 12.2 Å². The Morgan fingerprint density at radius 1 is 0.606 bits per heavy atom. The summed E-state index contributed by atoms with van der Waals surface area (Å²) in [4.78, 5) is 12.3. The predicted molar refractivity (Wildman–Crippen MR) is 162 cm³/mol. The van der Waals surface area contributed by atoms with Crippen LogP contribution >= 0.6 is 0 Å². The van der Waals surface area contributed by atoms with Gasteiger partial charge >= 0.3 is 5.97 Å². The molecule has 196 valence electrons. The molecule has 0 amide bonds. The van der Waals surface area contributed by atoms with Crippen LogP contribution in [-0.2, 0) is 21.9 Å². The van der Waals surface area contributed by atoms with Gasteiger partial charge in [0.15, 0.2) is 48.5 Å². The zero-order valence-electron chi connectivity index (χ0n) is 24.7. The van der Waals surface area contributed by atoms with Crippen LogP contribution in [-0.4, -0.2) is 67.7 Å². The maximum Gasteiger partial charge on any atom is 0.333 e. The van der Waals surface area contributed by atoms with Crippen molar-refractivity contribution in [2.75, 3.05) is 6.61 Å². The van der Waals surface area contributed by atoms with E-state index in [4.69, 9.17) is 17.1 Å². The van der Waals surface area contributed by atoms with Crippen molar-refractivity contribution in [3.63, 3.8) is 0 Å². The van der Waals surface area contributed by atoms with Gasteiger partial charge in [-0.05, 0) is 111 Å². The van der Waals surface area contributed by atoms with Gasteiger partial charge in [0.05, 0.1) is 6.61 Å². The number of hydrogen-bond acceptors (Lipinski definition) is 5. The largest absolute Gasteiger partial charge is 0.463 e. The highest BCUT2D eigenvalue weighted by atomic mass is 29.9. The highest BCUT2D eigenvalue weighted by Gasteiger charge is 2.71. The van der Waals surface area contributed by atoms with Crippen molar-refractivity contribution in [3.8, 4) is 0 Å². The number of rotatable bonds is 13. The number of carbonyl (C=O) groups excluding carboxylic acids is 1. The normalized spacial score (nSPS) is 14.9. The maximum absolute atomic E-state index is 12.3. The molecule has 12 heteroatoms. The number of hydrogen-bond donors (Lipinski definition) is 0. The van der Waals surface area contributed by atoms with Crippen molar-refractivity contribution >= 4 is 61.1 Å². The zero-order chi connectivity index (χ0) is 26.9. The Bertz CT molecular complexity index is 632. The van der Waals surface area contributed by atoms with Gasteiger partial charge in [-0.15, -0.1) is 0 Å². The minimum absolute atomic E-state index is 0.306. The van der Waals surface area contributed by atoms with Gasteiger partial charge in [0.25, 0.3) is 0 Å². The standard InChI is InChI=1S/C21H54O5Si7/c1-20(2)21(22)23-18-19-33(30(12,13)24-27(3,4)5,31(14,15)25-28(6,7)8)32(16,17)26-29(9,10)11/h1,18-19H2,2-17H3. The van der Waals surface area contributed by atoms with E-state index in [0.29, 0.717) is 12.2 Å². The maximum atomic E-state index is 12.3. The fourth-order valence-electron chi connectivity index (χ4n) is 6.06. The fourth-order valence-corrected chi connectivity index (χ4v) is 113. The average molecular weight is 583 g/mol. The van der Waals surface area contributed by atoms with Gasteiger partial charge in [0.2, 0.25) is 0 Å². The number of ether oxygens (including phenoxy) is 1. The molecule has 0 bridgehead atoms. The number of carbonyl (C=O) groups is 1. The smallest absolute Gasteiger partial charge is 0.333 e. The van der Waals surface area contributed by atoms with Crippen LogP contribution in [0.5, 0.6) is 0 Å². The van der Waals surface area contributed by atoms with Gasteiger partial charge in [0, 0.05) is 5.57 Å². The molecule has 0 fully saturated rings. The molecule has 0 spiro atoms. The molecule has 0 radical (unpaired) electrons.